The van der Waals surface area contributed by atoms with E-state index in [-0.39, 0.29) is 11.3 Å². The zero-order valence-electron chi connectivity index (χ0n) is 6.27. The number of hydrogen-bond acceptors (Lipinski definition) is 2. The van der Waals surface area contributed by atoms with Gasteiger partial charge in [0.05, 0.1) is 9.13 Å². The van der Waals surface area contributed by atoms with Crippen molar-refractivity contribution in [2.24, 2.45) is 0 Å². The van der Waals surface area contributed by atoms with Gasteiger partial charge in [0.1, 0.15) is 0 Å². The number of phenolic OH excluding ortho intramolecular Hbond substituents is 1. The van der Waals surface area contributed by atoms with Crippen LogP contribution in [0.25, 0.3) is 0 Å². The van der Waals surface area contributed by atoms with Crippen LogP contribution in [0.5, 0.6) is 5.75 Å². The fraction of sp³-hybridized carbons (Fsp3) is 0.125. The van der Waals surface area contributed by atoms with E-state index in [1.54, 1.807) is 22.6 Å². The number of Topliss-reactive ketones (excluding diaryl/α,β-unsaturated/α-hetero) is 1. The Hall–Kier alpha value is -0.650. The summed E-state index contributed by atoms with van der Waals surface area (Å²) < 4.78 is 13.4. The highest BCUT2D eigenvalue weighted by molar-refractivity contribution is 14.1. The Kier molecular flexibility index (Phi) is 2.66. The topological polar surface area (TPSA) is 37.3 Å². The summed E-state index contributed by atoms with van der Waals surface area (Å²) in [6.07, 6.45) is 0. The number of carbonyl (C=O) groups is 1. The maximum atomic E-state index is 13.0. The molecule has 1 N–H and O–H groups in total. The summed E-state index contributed by atoms with van der Waals surface area (Å²) in [4.78, 5) is 10.8. The molecule has 1 aromatic carbocycles. The van der Waals surface area contributed by atoms with Gasteiger partial charge in [0.15, 0.2) is 17.3 Å². The number of hydrogen-bond donors (Lipinski definition) is 1. The molecule has 0 unspecified atom stereocenters. The van der Waals surface area contributed by atoms with Crippen LogP contribution in [0, 0.1) is 9.39 Å². The molecule has 0 heterocycles. The molecule has 12 heavy (non-hydrogen) atoms. The van der Waals surface area contributed by atoms with Crippen LogP contribution >= 0.6 is 22.6 Å². The smallest absolute Gasteiger partial charge is 0.176 e. The van der Waals surface area contributed by atoms with E-state index in [0.717, 1.165) is 0 Å². The SMILES string of the molecule is CC(=O)c1ccc(I)c(O)c1F. The first-order chi connectivity index (χ1) is 5.54. The summed E-state index contributed by atoms with van der Waals surface area (Å²) in [7, 11) is 0. The molecule has 0 bridgehead atoms. The summed E-state index contributed by atoms with van der Waals surface area (Å²) in [5.74, 6) is -1.68. The molecule has 1 aromatic rings. The molecule has 0 amide bonds. The molecule has 0 aromatic heterocycles. The van der Waals surface area contributed by atoms with Crippen LogP contribution in [0.2, 0.25) is 0 Å². The summed E-state index contributed by atoms with van der Waals surface area (Å²) in [5, 5.41) is 9.10. The van der Waals surface area contributed by atoms with Gasteiger partial charge in [-0.05, 0) is 41.6 Å². The highest BCUT2D eigenvalue weighted by Gasteiger charge is 2.13. The number of benzene rings is 1. The molecule has 0 atom stereocenters. The second-order valence-electron chi connectivity index (χ2n) is 2.31. The first kappa shape index (κ1) is 9.44. The number of rotatable bonds is 1. The quantitative estimate of drug-likeness (QED) is 0.633. The molecule has 0 saturated heterocycles. The molecule has 0 aliphatic carbocycles. The van der Waals surface area contributed by atoms with Crippen molar-refractivity contribution in [1.29, 1.82) is 0 Å². The van der Waals surface area contributed by atoms with Crippen molar-refractivity contribution in [1.82, 2.24) is 0 Å². The maximum Gasteiger partial charge on any atom is 0.176 e. The van der Waals surface area contributed by atoms with Gasteiger partial charge in [0, 0.05) is 0 Å². The van der Waals surface area contributed by atoms with Crippen LogP contribution in [-0.4, -0.2) is 10.9 Å². The lowest BCUT2D eigenvalue weighted by atomic mass is 10.1. The number of aromatic hydroxyl groups is 1. The predicted molar refractivity (Wildman–Crippen MR) is 50.8 cm³/mol. The van der Waals surface area contributed by atoms with Gasteiger partial charge in [-0.2, -0.15) is 0 Å². The molecule has 4 heteroatoms. The van der Waals surface area contributed by atoms with Gasteiger partial charge in [-0.15, -0.1) is 0 Å². The lowest BCUT2D eigenvalue weighted by Gasteiger charge is -2.01. The van der Waals surface area contributed by atoms with Crippen molar-refractivity contribution in [3.63, 3.8) is 0 Å². The monoisotopic (exact) mass is 280 g/mol. The molecule has 1 rings (SSSR count). The number of carbonyl (C=O) groups excluding carboxylic acids is 1. The average Bonchev–Trinajstić information content (AvgIpc) is 2.00. The standard InChI is InChI=1S/C8H6FIO2/c1-4(11)5-2-3-6(10)8(12)7(5)9/h2-3,12H,1H3. The second-order valence-corrected chi connectivity index (χ2v) is 3.48. The second kappa shape index (κ2) is 3.38. The molecule has 0 spiro atoms. The third-order valence-electron chi connectivity index (χ3n) is 1.45. The normalized spacial score (nSPS) is 9.92. The third kappa shape index (κ3) is 1.57. The van der Waals surface area contributed by atoms with Crippen molar-refractivity contribution in [3.8, 4) is 5.75 Å². The molecule has 0 fully saturated rings. The Morgan fingerprint density at radius 1 is 1.58 bits per heavy atom. The van der Waals surface area contributed by atoms with Crippen LogP contribution in [0.3, 0.4) is 0 Å². The van der Waals surface area contributed by atoms with E-state index in [0.29, 0.717) is 3.57 Å². The van der Waals surface area contributed by atoms with Crippen LogP contribution in [0.1, 0.15) is 17.3 Å². The minimum absolute atomic E-state index is 0.0760. The minimum atomic E-state index is -0.839. The van der Waals surface area contributed by atoms with E-state index in [1.165, 1.54) is 19.1 Å². The number of halogens is 2. The van der Waals surface area contributed by atoms with E-state index < -0.39 is 11.6 Å². The number of ketones is 1. The zero-order valence-corrected chi connectivity index (χ0v) is 8.42. The summed E-state index contributed by atoms with van der Waals surface area (Å²) in [6, 6.07) is 2.86. The van der Waals surface area contributed by atoms with Gasteiger partial charge in [-0.1, -0.05) is 0 Å². The van der Waals surface area contributed by atoms with E-state index in [1.807, 2.05) is 0 Å². The van der Waals surface area contributed by atoms with Crippen LogP contribution in [0.15, 0.2) is 12.1 Å². The third-order valence-corrected chi connectivity index (χ3v) is 2.32. The molecule has 0 saturated carbocycles. The van der Waals surface area contributed by atoms with Gasteiger partial charge in [-0.25, -0.2) is 4.39 Å². The summed E-state index contributed by atoms with van der Waals surface area (Å²) >= 11 is 1.79. The van der Waals surface area contributed by atoms with Crippen molar-refractivity contribution in [3.05, 3.63) is 27.1 Å². The van der Waals surface area contributed by atoms with Crippen molar-refractivity contribution in [2.75, 3.05) is 0 Å². The van der Waals surface area contributed by atoms with E-state index in [2.05, 4.69) is 0 Å². The lowest BCUT2D eigenvalue weighted by Crippen LogP contribution is -1.97. The van der Waals surface area contributed by atoms with Crippen molar-refractivity contribution in [2.45, 2.75) is 6.92 Å². The molecule has 0 radical (unpaired) electrons. The van der Waals surface area contributed by atoms with Gasteiger partial charge >= 0.3 is 0 Å². The van der Waals surface area contributed by atoms with Crippen molar-refractivity contribution < 1.29 is 14.3 Å². The molecular formula is C8H6FIO2. The fourth-order valence-electron chi connectivity index (χ4n) is 0.813. The minimum Gasteiger partial charge on any atom is -0.504 e. The Morgan fingerprint density at radius 3 is 2.67 bits per heavy atom. The Balaban J connectivity index is 3.36. The van der Waals surface area contributed by atoms with Gasteiger partial charge < -0.3 is 5.11 Å². The van der Waals surface area contributed by atoms with Gasteiger partial charge in [0.2, 0.25) is 0 Å². The molecule has 0 aliphatic heterocycles. The first-order valence-corrected chi connectivity index (χ1v) is 4.30. The lowest BCUT2D eigenvalue weighted by molar-refractivity contribution is 0.101. The highest BCUT2D eigenvalue weighted by atomic mass is 127. The van der Waals surface area contributed by atoms with Crippen molar-refractivity contribution >= 4 is 28.4 Å². The van der Waals surface area contributed by atoms with Crippen LogP contribution in [-0.2, 0) is 0 Å². The maximum absolute atomic E-state index is 13.0. The average molecular weight is 280 g/mol. The summed E-state index contributed by atoms with van der Waals surface area (Å²) in [6.45, 7) is 1.25. The van der Waals surface area contributed by atoms with Gasteiger partial charge in [-0.3, -0.25) is 4.79 Å². The fourth-order valence-corrected chi connectivity index (χ4v) is 1.23. The summed E-state index contributed by atoms with van der Waals surface area (Å²) in [5.41, 5.74) is -0.0760. The molecule has 0 aliphatic rings. The van der Waals surface area contributed by atoms with Crippen LogP contribution < -0.4 is 0 Å². The Labute approximate surface area is 82.5 Å². The number of phenols is 1. The predicted octanol–water partition coefficient (Wildman–Crippen LogP) is 2.34. The largest absolute Gasteiger partial charge is 0.504 e. The Morgan fingerprint density at radius 2 is 2.17 bits per heavy atom. The molecule has 64 valence electrons. The Bertz CT molecular complexity index is 336. The van der Waals surface area contributed by atoms with E-state index >= 15 is 0 Å². The zero-order chi connectivity index (χ0) is 9.30. The van der Waals surface area contributed by atoms with E-state index in [4.69, 9.17) is 5.11 Å². The van der Waals surface area contributed by atoms with Gasteiger partial charge in [0.25, 0.3) is 0 Å². The first-order valence-electron chi connectivity index (χ1n) is 3.22. The van der Waals surface area contributed by atoms with Crippen LogP contribution in [0.4, 0.5) is 4.39 Å². The molecule has 2 nitrogen and oxygen atoms in total. The molecular weight excluding hydrogens is 274 g/mol. The van der Waals surface area contributed by atoms with E-state index in [9.17, 15) is 9.18 Å². The highest BCUT2D eigenvalue weighted by Crippen LogP contribution is 2.25.